The van der Waals surface area contributed by atoms with Crippen molar-refractivity contribution in [2.75, 3.05) is 32.1 Å². The highest BCUT2D eigenvalue weighted by atomic mass is 16.6. The second kappa shape index (κ2) is 7.22. The Bertz CT molecular complexity index is 568. The van der Waals surface area contributed by atoms with Gasteiger partial charge < -0.3 is 10.1 Å². The van der Waals surface area contributed by atoms with Crippen molar-refractivity contribution in [3.05, 3.63) is 27.8 Å². The van der Waals surface area contributed by atoms with Gasteiger partial charge in [-0.3, -0.25) is 19.8 Å². The Labute approximate surface area is 129 Å². The number of nitrogens with one attached hydrogen (secondary N) is 1. The van der Waals surface area contributed by atoms with Crippen molar-refractivity contribution in [2.45, 2.75) is 26.2 Å². The number of likely N-dealkylation sites (tertiary alicyclic amines) is 1. The summed E-state index contributed by atoms with van der Waals surface area (Å²) in [4.78, 5) is 24.7. The molecule has 22 heavy (non-hydrogen) atoms. The summed E-state index contributed by atoms with van der Waals surface area (Å²) in [7, 11) is 1.37. The fourth-order valence-electron chi connectivity index (χ4n) is 2.62. The quantitative estimate of drug-likeness (QED) is 0.666. The van der Waals surface area contributed by atoms with Crippen LogP contribution in [0.3, 0.4) is 0 Å². The van der Waals surface area contributed by atoms with Crippen LogP contribution >= 0.6 is 0 Å². The van der Waals surface area contributed by atoms with Crippen LogP contribution in [0.1, 0.15) is 24.8 Å². The maximum atomic E-state index is 12.1. The first-order valence-corrected chi connectivity index (χ1v) is 7.36. The van der Waals surface area contributed by atoms with E-state index in [4.69, 9.17) is 4.74 Å². The fourth-order valence-corrected chi connectivity index (χ4v) is 2.62. The Kier molecular flexibility index (Phi) is 5.32. The lowest BCUT2D eigenvalue weighted by molar-refractivity contribution is -0.385. The highest BCUT2D eigenvalue weighted by Gasteiger charge is 2.19. The summed E-state index contributed by atoms with van der Waals surface area (Å²) in [5, 5.41) is 13.8. The smallest absolute Gasteiger partial charge is 0.311 e. The van der Waals surface area contributed by atoms with E-state index < -0.39 is 4.92 Å². The normalized spacial score (nSPS) is 15.4. The topological polar surface area (TPSA) is 84.7 Å². The van der Waals surface area contributed by atoms with Gasteiger partial charge >= 0.3 is 5.69 Å². The van der Waals surface area contributed by atoms with E-state index in [9.17, 15) is 14.9 Å². The molecule has 1 amide bonds. The van der Waals surface area contributed by atoms with Crippen molar-refractivity contribution in [1.29, 1.82) is 0 Å². The number of nitro groups is 1. The molecule has 1 N–H and O–H groups in total. The van der Waals surface area contributed by atoms with Gasteiger partial charge in [0.15, 0.2) is 5.75 Å². The molecule has 0 radical (unpaired) electrons. The molecule has 0 spiro atoms. The number of piperidine rings is 1. The first kappa shape index (κ1) is 16.2. The van der Waals surface area contributed by atoms with Crippen LogP contribution in [0.2, 0.25) is 0 Å². The van der Waals surface area contributed by atoms with Crippen molar-refractivity contribution in [3.63, 3.8) is 0 Å². The van der Waals surface area contributed by atoms with Crippen molar-refractivity contribution in [2.24, 2.45) is 0 Å². The zero-order valence-corrected chi connectivity index (χ0v) is 12.9. The number of benzene rings is 1. The molecule has 1 heterocycles. The molecule has 1 saturated heterocycles. The Hall–Kier alpha value is -2.15. The van der Waals surface area contributed by atoms with E-state index in [1.165, 1.54) is 25.7 Å². The highest BCUT2D eigenvalue weighted by Crippen LogP contribution is 2.32. The summed E-state index contributed by atoms with van der Waals surface area (Å²) in [6.45, 7) is 3.95. The van der Waals surface area contributed by atoms with Crippen molar-refractivity contribution in [3.8, 4) is 5.75 Å². The predicted molar refractivity (Wildman–Crippen MR) is 83.3 cm³/mol. The second-order valence-corrected chi connectivity index (χ2v) is 5.48. The van der Waals surface area contributed by atoms with Gasteiger partial charge in [-0.25, -0.2) is 0 Å². The zero-order chi connectivity index (χ0) is 16.1. The number of rotatable bonds is 5. The van der Waals surface area contributed by atoms with E-state index in [2.05, 4.69) is 10.2 Å². The van der Waals surface area contributed by atoms with Crippen molar-refractivity contribution in [1.82, 2.24) is 4.90 Å². The lowest BCUT2D eigenvalue weighted by Crippen LogP contribution is -2.36. The van der Waals surface area contributed by atoms with Gasteiger partial charge in [-0.15, -0.1) is 0 Å². The highest BCUT2D eigenvalue weighted by molar-refractivity contribution is 5.93. The molecule has 1 fully saturated rings. The fraction of sp³-hybridized carbons (Fsp3) is 0.533. The molecule has 0 atom stereocenters. The van der Waals surface area contributed by atoms with Gasteiger partial charge in [-0.1, -0.05) is 6.42 Å². The Balaban J connectivity index is 2.08. The molecule has 1 aliphatic rings. The molecule has 0 saturated carbocycles. The number of nitro benzene ring substituents is 1. The molecular formula is C15H21N3O4. The number of methoxy groups -OCH3 is 1. The van der Waals surface area contributed by atoms with E-state index in [1.54, 1.807) is 6.92 Å². The number of hydrogen-bond donors (Lipinski definition) is 1. The molecule has 0 aliphatic carbocycles. The van der Waals surface area contributed by atoms with Crippen molar-refractivity contribution < 1.29 is 14.5 Å². The summed E-state index contributed by atoms with van der Waals surface area (Å²) in [5.74, 6) is 0.0322. The lowest BCUT2D eigenvalue weighted by atomic mass is 10.1. The van der Waals surface area contributed by atoms with Gasteiger partial charge in [0.1, 0.15) is 0 Å². The summed E-state index contributed by atoms with van der Waals surface area (Å²) >= 11 is 0. The summed E-state index contributed by atoms with van der Waals surface area (Å²) < 4.78 is 5.03. The number of ether oxygens (including phenoxy) is 1. The van der Waals surface area contributed by atoms with Crippen LogP contribution in [0.25, 0.3) is 0 Å². The van der Waals surface area contributed by atoms with Crippen molar-refractivity contribution >= 4 is 17.3 Å². The molecule has 7 heteroatoms. The molecule has 0 aromatic heterocycles. The number of carbonyl (C=O) groups is 1. The number of amides is 1. The van der Waals surface area contributed by atoms with Gasteiger partial charge in [0.25, 0.3) is 0 Å². The van der Waals surface area contributed by atoms with Crippen LogP contribution in [0, 0.1) is 17.0 Å². The number of aryl methyl sites for hydroxylation is 1. The van der Waals surface area contributed by atoms with E-state index in [0.29, 0.717) is 17.8 Å². The molecule has 1 aliphatic heterocycles. The van der Waals surface area contributed by atoms with Gasteiger partial charge in [-0.05, 0) is 38.4 Å². The van der Waals surface area contributed by atoms with E-state index >= 15 is 0 Å². The molecule has 0 bridgehead atoms. The molecule has 0 unspecified atom stereocenters. The van der Waals surface area contributed by atoms with Gasteiger partial charge in [-0.2, -0.15) is 0 Å². The molecule has 120 valence electrons. The van der Waals surface area contributed by atoms with E-state index in [1.807, 2.05) is 0 Å². The van der Waals surface area contributed by atoms with Gasteiger partial charge in [0.05, 0.1) is 18.6 Å². The SMILES string of the molecule is COc1cc(NC(=O)CN2CCCCC2)c(C)cc1[N+](=O)[O-]. The van der Waals surface area contributed by atoms with Crippen LogP contribution in [-0.2, 0) is 4.79 Å². The molecule has 7 nitrogen and oxygen atoms in total. The third-order valence-electron chi connectivity index (χ3n) is 3.81. The molecule has 2 rings (SSSR count). The Morgan fingerprint density at radius 2 is 2.05 bits per heavy atom. The monoisotopic (exact) mass is 307 g/mol. The Morgan fingerprint density at radius 3 is 2.64 bits per heavy atom. The average Bonchev–Trinajstić information content (AvgIpc) is 2.49. The number of hydrogen-bond acceptors (Lipinski definition) is 5. The van der Waals surface area contributed by atoms with Crippen LogP contribution in [0.15, 0.2) is 12.1 Å². The molecule has 1 aromatic carbocycles. The van der Waals surface area contributed by atoms with Crippen LogP contribution in [0.4, 0.5) is 11.4 Å². The summed E-state index contributed by atoms with van der Waals surface area (Å²) in [6.07, 6.45) is 3.46. The minimum absolute atomic E-state index is 0.103. The number of anilines is 1. The third kappa shape index (κ3) is 3.94. The molecular weight excluding hydrogens is 286 g/mol. The lowest BCUT2D eigenvalue weighted by Gasteiger charge is -2.25. The van der Waals surface area contributed by atoms with Crippen LogP contribution in [0.5, 0.6) is 5.75 Å². The standard InChI is InChI=1S/C15H21N3O4/c1-11-8-13(18(20)21)14(22-2)9-12(11)16-15(19)10-17-6-4-3-5-7-17/h8-9H,3-7,10H2,1-2H3,(H,16,19). The van der Waals surface area contributed by atoms with Gasteiger partial charge in [0.2, 0.25) is 5.91 Å². The first-order valence-electron chi connectivity index (χ1n) is 7.36. The summed E-state index contributed by atoms with van der Waals surface area (Å²) in [5.41, 5.74) is 1.08. The minimum Gasteiger partial charge on any atom is -0.490 e. The maximum absolute atomic E-state index is 12.1. The largest absolute Gasteiger partial charge is 0.490 e. The molecule has 1 aromatic rings. The first-order chi connectivity index (χ1) is 10.5. The second-order valence-electron chi connectivity index (χ2n) is 5.48. The zero-order valence-electron chi connectivity index (χ0n) is 12.9. The third-order valence-corrected chi connectivity index (χ3v) is 3.81. The van der Waals surface area contributed by atoms with Crippen LogP contribution in [-0.4, -0.2) is 42.5 Å². The Morgan fingerprint density at radius 1 is 1.36 bits per heavy atom. The number of nitrogens with zero attached hydrogens (tertiary/aromatic N) is 2. The number of carbonyl (C=O) groups excluding carboxylic acids is 1. The van der Waals surface area contributed by atoms with E-state index in [-0.39, 0.29) is 17.3 Å². The van der Waals surface area contributed by atoms with Gasteiger partial charge in [0, 0.05) is 17.8 Å². The minimum atomic E-state index is -0.495. The summed E-state index contributed by atoms with van der Waals surface area (Å²) in [6, 6.07) is 2.91. The van der Waals surface area contributed by atoms with E-state index in [0.717, 1.165) is 25.9 Å². The maximum Gasteiger partial charge on any atom is 0.311 e. The average molecular weight is 307 g/mol. The predicted octanol–water partition coefficient (Wildman–Crippen LogP) is 2.34. The van der Waals surface area contributed by atoms with Crippen LogP contribution < -0.4 is 10.1 Å².